The summed E-state index contributed by atoms with van der Waals surface area (Å²) in [6, 6.07) is 0. The molecule has 1 aliphatic heterocycles. The maximum Gasteiger partial charge on any atom is 0.233 e. The number of rotatable bonds is 6. The maximum atomic E-state index is 11.9. The number of hydrogen-bond donors (Lipinski definition) is 3. The number of amidine groups is 1. The normalized spacial score (nSPS) is 22.6. The lowest BCUT2D eigenvalue weighted by atomic mass is 10.2. The van der Waals surface area contributed by atoms with Gasteiger partial charge in [-0.2, -0.15) is 0 Å². The SMILES string of the molecule is C=C(N=C1C(=C)O[C@@H](CO)CN1S(C)(=O)=O)NC(O)C(C)C. The Balaban J connectivity index is 3.04. The Morgan fingerprint density at radius 2 is 2.18 bits per heavy atom. The molecule has 1 heterocycles. The van der Waals surface area contributed by atoms with E-state index in [4.69, 9.17) is 9.84 Å². The fraction of sp³-hybridized carbons (Fsp3) is 0.615. The number of ether oxygens (including phenoxy) is 1. The van der Waals surface area contributed by atoms with E-state index < -0.39 is 22.4 Å². The minimum Gasteiger partial charge on any atom is -0.483 e. The molecule has 1 aliphatic rings. The molecule has 8 nitrogen and oxygen atoms in total. The molecule has 0 bridgehead atoms. The Morgan fingerprint density at radius 3 is 2.64 bits per heavy atom. The largest absolute Gasteiger partial charge is 0.483 e. The van der Waals surface area contributed by atoms with E-state index in [0.717, 1.165) is 10.6 Å². The summed E-state index contributed by atoms with van der Waals surface area (Å²) in [6.45, 7) is 10.4. The predicted octanol–water partition coefficient (Wildman–Crippen LogP) is -0.413. The number of sulfonamides is 1. The van der Waals surface area contributed by atoms with Crippen LogP contribution >= 0.6 is 0 Å². The molecule has 0 saturated carbocycles. The molecule has 1 fully saturated rings. The minimum absolute atomic E-state index is 0.0118. The second-order valence-electron chi connectivity index (χ2n) is 5.36. The van der Waals surface area contributed by atoms with Crippen molar-refractivity contribution in [3.8, 4) is 0 Å². The van der Waals surface area contributed by atoms with Gasteiger partial charge in [0.1, 0.15) is 18.2 Å². The lowest BCUT2D eigenvalue weighted by molar-refractivity contribution is 0.0476. The van der Waals surface area contributed by atoms with E-state index in [1.807, 2.05) is 0 Å². The molecule has 1 unspecified atom stereocenters. The number of hydrogen-bond acceptors (Lipinski definition) is 7. The Kier molecular flexibility index (Phi) is 5.98. The van der Waals surface area contributed by atoms with Crippen LogP contribution in [0.2, 0.25) is 0 Å². The monoisotopic (exact) mass is 333 g/mol. The van der Waals surface area contributed by atoms with Crippen LogP contribution < -0.4 is 5.32 Å². The predicted molar refractivity (Wildman–Crippen MR) is 83.2 cm³/mol. The highest BCUT2D eigenvalue weighted by atomic mass is 32.2. The Hall–Kier alpha value is -1.58. The Bertz CT molecular complexity index is 570. The molecule has 1 rings (SSSR count). The summed E-state index contributed by atoms with van der Waals surface area (Å²) in [4.78, 5) is 4.05. The van der Waals surface area contributed by atoms with Crippen molar-refractivity contribution in [1.29, 1.82) is 0 Å². The van der Waals surface area contributed by atoms with Crippen molar-refractivity contribution in [2.24, 2.45) is 10.9 Å². The molecule has 9 heteroatoms. The summed E-state index contributed by atoms with van der Waals surface area (Å²) < 4.78 is 30.1. The van der Waals surface area contributed by atoms with Crippen LogP contribution in [-0.4, -0.2) is 60.5 Å². The molecular formula is C13H23N3O5S. The second-order valence-corrected chi connectivity index (χ2v) is 7.26. The fourth-order valence-electron chi connectivity index (χ4n) is 1.70. The van der Waals surface area contributed by atoms with Gasteiger partial charge in [-0.3, -0.25) is 0 Å². The molecule has 0 radical (unpaired) electrons. The number of nitrogens with one attached hydrogen (secondary N) is 1. The van der Waals surface area contributed by atoms with Crippen molar-refractivity contribution in [3.05, 3.63) is 24.7 Å². The molecule has 0 aliphatic carbocycles. The van der Waals surface area contributed by atoms with Gasteiger partial charge in [0.25, 0.3) is 0 Å². The van der Waals surface area contributed by atoms with Crippen LogP contribution in [0.25, 0.3) is 0 Å². The van der Waals surface area contributed by atoms with Gasteiger partial charge in [-0.05, 0) is 5.92 Å². The first-order chi connectivity index (χ1) is 10.1. The van der Waals surface area contributed by atoms with Crippen LogP contribution in [0.5, 0.6) is 0 Å². The summed E-state index contributed by atoms with van der Waals surface area (Å²) in [6.07, 6.45) is -0.551. The van der Waals surface area contributed by atoms with Gasteiger partial charge < -0.3 is 20.3 Å². The highest BCUT2D eigenvalue weighted by Gasteiger charge is 2.34. The molecule has 2 atom stereocenters. The van der Waals surface area contributed by atoms with Crippen LogP contribution in [0.15, 0.2) is 29.7 Å². The first kappa shape index (κ1) is 18.5. The molecule has 0 spiro atoms. The molecule has 1 saturated heterocycles. The second kappa shape index (κ2) is 7.12. The number of aliphatic hydroxyl groups excluding tert-OH is 2. The molecular weight excluding hydrogens is 310 g/mol. The first-order valence-electron chi connectivity index (χ1n) is 6.73. The smallest absolute Gasteiger partial charge is 0.233 e. The van der Waals surface area contributed by atoms with Crippen molar-refractivity contribution in [3.63, 3.8) is 0 Å². The van der Waals surface area contributed by atoms with Gasteiger partial charge in [0, 0.05) is 0 Å². The summed E-state index contributed by atoms with van der Waals surface area (Å²) in [7, 11) is -3.62. The Labute approximate surface area is 130 Å². The van der Waals surface area contributed by atoms with E-state index in [-0.39, 0.29) is 36.5 Å². The highest BCUT2D eigenvalue weighted by Crippen LogP contribution is 2.19. The lowest BCUT2D eigenvalue weighted by Crippen LogP contribution is -2.49. The highest BCUT2D eigenvalue weighted by molar-refractivity contribution is 7.88. The fourth-order valence-corrected chi connectivity index (χ4v) is 2.60. The summed E-state index contributed by atoms with van der Waals surface area (Å²) in [5.74, 6) is -0.0112. The van der Waals surface area contributed by atoms with Crippen LogP contribution in [-0.2, 0) is 14.8 Å². The van der Waals surface area contributed by atoms with E-state index >= 15 is 0 Å². The topological polar surface area (TPSA) is 111 Å². The van der Waals surface area contributed by atoms with Gasteiger partial charge in [-0.15, -0.1) is 0 Å². The standard InChI is InChI=1S/C13H23N3O5S/c1-8(2)13(18)15-10(4)14-12-9(3)21-11(7-17)6-16(12)22(5,19)20/h8,11,13,15,17-18H,3-4,6-7H2,1-2,5H3/t11-,13?/m1/s1. The van der Waals surface area contributed by atoms with Crippen LogP contribution in [0.1, 0.15) is 13.8 Å². The third-order valence-electron chi connectivity index (χ3n) is 2.95. The number of morpholine rings is 1. The van der Waals surface area contributed by atoms with E-state index in [0.29, 0.717) is 0 Å². The van der Waals surface area contributed by atoms with E-state index in [1.165, 1.54) is 0 Å². The lowest BCUT2D eigenvalue weighted by Gasteiger charge is -2.34. The van der Waals surface area contributed by atoms with Gasteiger partial charge in [-0.1, -0.05) is 27.0 Å². The third kappa shape index (κ3) is 4.72. The summed E-state index contributed by atoms with van der Waals surface area (Å²) in [5, 5.41) is 21.5. The Morgan fingerprint density at radius 1 is 1.59 bits per heavy atom. The van der Waals surface area contributed by atoms with Gasteiger partial charge in [0.15, 0.2) is 11.6 Å². The molecule has 0 aromatic carbocycles. The van der Waals surface area contributed by atoms with Crippen molar-refractivity contribution >= 4 is 15.9 Å². The van der Waals surface area contributed by atoms with Crippen molar-refractivity contribution in [2.45, 2.75) is 26.2 Å². The van der Waals surface area contributed by atoms with Crippen molar-refractivity contribution in [1.82, 2.24) is 9.62 Å². The number of aliphatic hydroxyl groups is 2. The van der Waals surface area contributed by atoms with E-state index in [2.05, 4.69) is 23.5 Å². The average Bonchev–Trinajstić information content (AvgIpc) is 2.39. The van der Waals surface area contributed by atoms with E-state index in [9.17, 15) is 13.5 Å². The molecule has 0 aromatic heterocycles. The quantitative estimate of drug-likeness (QED) is 0.570. The molecule has 0 amide bonds. The van der Waals surface area contributed by atoms with Crippen LogP contribution in [0.3, 0.4) is 0 Å². The van der Waals surface area contributed by atoms with Crippen LogP contribution in [0, 0.1) is 5.92 Å². The van der Waals surface area contributed by atoms with E-state index in [1.54, 1.807) is 13.8 Å². The maximum absolute atomic E-state index is 11.9. The zero-order chi connectivity index (χ0) is 17.1. The number of aliphatic imine (C=N–C) groups is 1. The van der Waals surface area contributed by atoms with Crippen molar-refractivity contribution < 1.29 is 23.4 Å². The van der Waals surface area contributed by atoms with Gasteiger partial charge in [0.05, 0.1) is 19.4 Å². The first-order valence-corrected chi connectivity index (χ1v) is 8.57. The zero-order valence-corrected chi connectivity index (χ0v) is 13.8. The van der Waals surface area contributed by atoms with Crippen LogP contribution in [0.4, 0.5) is 0 Å². The molecule has 22 heavy (non-hydrogen) atoms. The number of nitrogens with zero attached hydrogens (tertiary/aromatic N) is 2. The van der Waals surface area contributed by atoms with Gasteiger partial charge in [-0.25, -0.2) is 17.7 Å². The van der Waals surface area contributed by atoms with Crippen molar-refractivity contribution in [2.75, 3.05) is 19.4 Å². The average molecular weight is 333 g/mol. The molecule has 0 aromatic rings. The molecule has 126 valence electrons. The zero-order valence-electron chi connectivity index (χ0n) is 13.0. The molecule has 3 N–H and O–H groups in total. The van der Waals surface area contributed by atoms with Gasteiger partial charge >= 0.3 is 0 Å². The van der Waals surface area contributed by atoms with Gasteiger partial charge in [0.2, 0.25) is 10.0 Å². The minimum atomic E-state index is -3.62. The summed E-state index contributed by atoms with van der Waals surface area (Å²) >= 11 is 0. The summed E-state index contributed by atoms with van der Waals surface area (Å²) in [5.41, 5.74) is 0. The third-order valence-corrected chi connectivity index (χ3v) is 4.08.